The molecule has 0 spiro atoms. The predicted molar refractivity (Wildman–Crippen MR) is 63.7 cm³/mol. The maximum atomic E-state index is 10.8. The van der Waals surface area contributed by atoms with Crippen LogP contribution in [-0.4, -0.2) is 22.7 Å². The maximum absolute atomic E-state index is 10.8. The van der Waals surface area contributed by atoms with E-state index in [0.717, 1.165) is 24.3 Å². The van der Waals surface area contributed by atoms with Crippen LogP contribution in [0.25, 0.3) is 10.6 Å². The lowest BCUT2D eigenvalue weighted by atomic mass is 10.1. The van der Waals surface area contributed by atoms with Gasteiger partial charge in [-0.25, -0.2) is 9.78 Å². The van der Waals surface area contributed by atoms with Crippen LogP contribution in [0.1, 0.15) is 16.1 Å². The van der Waals surface area contributed by atoms with Gasteiger partial charge in [0.15, 0.2) is 5.69 Å². The summed E-state index contributed by atoms with van der Waals surface area (Å²) in [5.74, 6) is -0.112. The third kappa shape index (κ3) is 1.78. The van der Waals surface area contributed by atoms with Crippen molar-refractivity contribution in [3.05, 3.63) is 34.8 Å². The summed E-state index contributed by atoms with van der Waals surface area (Å²) in [5, 5.41) is 11.1. The Hall–Kier alpha value is -1.88. The second-order valence-electron chi connectivity index (χ2n) is 3.76. The maximum Gasteiger partial charge on any atom is 0.355 e. The Kier molecular flexibility index (Phi) is 2.33. The third-order valence-electron chi connectivity index (χ3n) is 2.67. The molecule has 0 amide bonds. The van der Waals surface area contributed by atoms with E-state index < -0.39 is 5.97 Å². The number of rotatable bonds is 2. The lowest BCUT2D eigenvalue weighted by Gasteiger charge is -2.01. The number of fused-ring (bicyclic) bond motifs is 1. The van der Waals surface area contributed by atoms with E-state index in [2.05, 4.69) is 4.98 Å². The van der Waals surface area contributed by atoms with E-state index >= 15 is 0 Å². The first-order chi connectivity index (χ1) is 8.24. The van der Waals surface area contributed by atoms with Crippen LogP contribution in [0.5, 0.6) is 5.75 Å². The number of benzene rings is 1. The molecule has 0 saturated heterocycles. The summed E-state index contributed by atoms with van der Waals surface area (Å²) in [6.07, 6.45) is 0.938. The van der Waals surface area contributed by atoms with Gasteiger partial charge < -0.3 is 9.84 Å². The normalized spacial score (nSPS) is 13.2. The van der Waals surface area contributed by atoms with Crippen LogP contribution in [0.4, 0.5) is 0 Å². The first-order valence-corrected chi connectivity index (χ1v) is 6.07. The fraction of sp³-hybridized carbons (Fsp3) is 0.167. The van der Waals surface area contributed by atoms with Crippen LogP contribution in [-0.2, 0) is 6.42 Å². The Labute approximate surface area is 102 Å². The number of nitrogens with zero attached hydrogens (tertiary/aromatic N) is 1. The summed E-state index contributed by atoms with van der Waals surface area (Å²) in [6, 6.07) is 5.89. The molecule has 0 atom stereocenters. The van der Waals surface area contributed by atoms with Gasteiger partial charge in [0.2, 0.25) is 0 Å². The van der Waals surface area contributed by atoms with Gasteiger partial charge in [0.05, 0.1) is 6.61 Å². The number of thiazole rings is 1. The minimum atomic E-state index is -0.995. The topological polar surface area (TPSA) is 59.4 Å². The lowest BCUT2D eigenvalue weighted by molar-refractivity contribution is 0.0691. The molecule has 5 heteroatoms. The minimum Gasteiger partial charge on any atom is -0.493 e. The van der Waals surface area contributed by atoms with Crippen molar-refractivity contribution in [2.24, 2.45) is 0 Å². The van der Waals surface area contributed by atoms with E-state index in [4.69, 9.17) is 9.84 Å². The summed E-state index contributed by atoms with van der Waals surface area (Å²) in [6.45, 7) is 0.719. The molecule has 0 radical (unpaired) electrons. The van der Waals surface area contributed by atoms with Gasteiger partial charge in [-0.1, -0.05) is 12.1 Å². The molecule has 1 aliphatic heterocycles. The van der Waals surface area contributed by atoms with E-state index in [1.54, 1.807) is 5.38 Å². The molecule has 1 aromatic carbocycles. The Morgan fingerprint density at radius 3 is 3.12 bits per heavy atom. The molecule has 17 heavy (non-hydrogen) atoms. The first kappa shape index (κ1) is 10.3. The van der Waals surface area contributed by atoms with Gasteiger partial charge in [-0.15, -0.1) is 11.3 Å². The van der Waals surface area contributed by atoms with Crippen molar-refractivity contribution in [2.45, 2.75) is 6.42 Å². The Morgan fingerprint density at radius 1 is 1.47 bits per heavy atom. The number of carbonyl (C=O) groups is 1. The highest BCUT2D eigenvalue weighted by Gasteiger charge is 2.15. The standard InChI is InChI=1S/C12H9NO3S/c14-12(15)9-6-17-11(13-9)8-2-1-7-3-4-16-10(7)5-8/h1-2,5-6H,3-4H2,(H,14,15). The molecule has 1 N–H and O–H groups in total. The zero-order chi connectivity index (χ0) is 11.8. The van der Waals surface area contributed by atoms with Crippen molar-refractivity contribution in [3.8, 4) is 16.3 Å². The van der Waals surface area contributed by atoms with Crippen molar-refractivity contribution >= 4 is 17.3 Å². The van der Waals surface area contributed by atoms with Gasteiger partial charge in [-0.3, -0.25) is 0 Å². The third-order valence-corrected chi connectivity index (χ3v) is 3.56. The zero-order valence-corrected chi connectivity index (χ0v) is 9.66. The molecule has 2 heterocycles. The summed E-state index contributed by atoms with van der Waals surface area (Å²) in [5.41, 5.74) is 2.19. The smallest absolute Gasteiger partial charge is 0.355 e. The molecule has 0 fully saturated rings. The Bertz CT molecular complexity index is 591. The van der Waals surface area contributed by atoms with Crippen LogP contribution in [0.3, 0.4) is 0 Å². The highest BCUT2D eigenvalue weighted by atomic mass is 32.1. The van der Waals surface area contributed by atoms with Crippen molar-refractivity contribution in [2.75, 3.05) is 6.61 Å². The number of carboxylic acids is 1. The molecule has 1 aromatic heterocycles. The fourth-order valence-electron chi connectivity index (χ4n) is 1.80. The van der Waals surface area contributed by atoms with Gasteiger partial charge in [-0.05, 0) is 11.6 Å². The second-order valence-corrected chi connectivity index (χ2v) is 4.62. The fourth-order valence-corrected chi connectivity index (χ4v) is 2.59. The summed E-state index contributed by atoms with van der Waals surface area (Å²) >= 11 is 1.33. The molecular weight excluding hydrogens is 238 g/mol. The van der Waals surface area contributed by atoms with E-state index in [1.807, 2.05) is 18.2 Å². The van der Waals surface area contributed by atoms with Crippen LogP contribution in [0.2, 0.25) is 0 Å². The highest BCUT2D eigenvalue weighted by molar-refractivity contribution is 7.13. The number of hydrogen-bond acceptors (Lipinski definition) is 4. The lowest BCUT2D eigenvalue weighted by Crippen LogP contribution is -1.95. The van der Waals surface area contributed by atoms with Crippen molar-refractivity contribution in [1.82, 2.24) is 4.98 Å². The van der Waals surface area contributed by atoms with Gasteiger partial charge >= 0.3 is 5.97 Å². The molecule has 86 valence electrons. The highest BCUT2D eigenvalue weighted by Crippen LogP contribution is 2.32. The average molecular weight is 247 g/mol. The van der Waals surface area contributed by atoms with Gasteiger partial charge in [0.25, 0.3) is 0 Å². The molecule has 0 unspecified atom stereocenters. The summed E-state index contributed by atoms with van der Waals surface area (Å²) in [7, 11) is 0. The number of carboxylic acid groups (broad SMARTS) is 1. The minimum absolute atomic E-state index is 0.0893. The second kappa shape index (κ2) is 3.85. The van der Waals surface area contributed by atoms with E-state index in [9.17, 15) is 4.79 Å². The van der Waals surface area contributed by atoms with Crippen LogP contribution < -0.4 is 4.74 Å². The largest absolute Gasteiger partial charge is 0.493 e. The number of hydrogen-bond donors (Lipinski definition) is 1. The van der Waals surface area contributed by atoms with E-state index in [1.165, 1.54) is 16.9 Å². The van der Waals surface area contributed by atoms with Gasteiger partial charge in [-0.2, -0.15) is 0 Å². The summed E-state index contributed by atoms with van der Waals surface area (Å²) < 4.78 is 5.48. The molecule has 0 bridgehead atoms. The number of ether oxygens (including phenoxy) is 1. The van der Waals surface area contributed by atoms with Crippen molar-refractivity contribution in [3.63, 3.8) is 0 Å². The van der Waals surface area contributed by atoms with Gasteiger partial charge in [0.1, 0.15) is 10.8 Å². The Morgan fingerprint density at radius 2 is 2.35 bits per heavy atom. The van der Waals surface area contributed by atoms with E-state index in [-0.39, 0.29) is 5.69 Å². The molecule has 0 aliphatic carbocycles. The zero-order valence-electron chi connectivity index (χ0n) is 8.84. The molecule has 4 nitrogen and oxygen atoms in total. The molecular formula is C12H9NO3S. The molecule has 2 aromatic rings. The molecule has 3 rings (SSSR count). The van der Waals surface area contributed by atoms with E-state index in [0.29, 0.717) is 5.01 Å². The first-order valence-electron chi connectivity index (χ1n) is 5.19. The van der Waals surface area contributed by atoms with Gasteiger partial charge in [0, 0.05) is 17.4 Å². The van der Waals surface area contributed by atoms with Crippen molar-refractivity contribution < 1.29 is 14.6 Å². The quantitative estimate of drug-likeness (QED) is 0.885. The SMILES string of the molecule is O=C(O)c1csc(-c2ccc3c(c2)OCC3)n1. The van der Waals surface area contributed by atoms with Crippen LogP contribution in [0.15, 0.2) is 23.6 Å². The monoisotopic (exact) mass is 247 g/mol. The average Bonchev–Trinajstić information content (AvgIpc) is 2.97. The Balaban J connectivity index is 2.00. The van der Waals surface area contributed by atoms with Crippen molar-refractivity contribution in [1.29, 1.82) is 0 Å². The number of aromatic nitrogens is 1. The summed E-state index contributed by atoms with van der Waals surface area (Å²) in [4.78, 5) is 14.8. The predicted octanol–water partition coefficient (Wildman–Crippen LogP) is 2.44. The van der Waals surface area contributed by atoms with Crippen LogP contribution >= 0.6 is 11.3 Å². The number of aromatic carboxylic acids is 1. The molecule has 1 aliphatic rings. The molecule has 0 saturated carbocycles. The van der Waals surface area contributed by atoms with Crippen LogP contribution in [0, 0.1) is 0 Å².